The number of nitrogen functional groups attached to an aromatic ring is 1. The Morgan fingerprint density at radius 1 is 1.32 bits per heavy atom. The van der Waals surface area contributed by atoms with Crippen molar-refractivity contribution in [3.63, 3.8) is 0 Å². The van der Waals surface area contributed by atoms with Crippen molar-refractivity contribution in [3.8, 4) is 0 Å². The molecule has 2 aliphatic rings. The molecule has 1 saturated heterocycles. The lowest BCUT2D eigenvalue weighted by Crippen LogP contribution is -2.31. The zero-order chi connectivity index (χ0) is 12.5. The van der Waals surface area contributed by atoms with Crippen LogP contribution in [0.15, 0.2) is 18.3 Å². The van der Waals surface area contributed by atoms with Crippen LogP contribution in [0, 0.1) is 11.8 Å². The van der Waals surface area contributed by atoms with Gasteiger partial charge in [0, 0.05) is 18.8 Å². The number of halogens is 1. The van der Waals surface area contributed by atoms with Gasteiger partial charge in [0.05, 0.1) is 18.3 Å². The lowest BCUT2D eigenvalue weighted by atomic mass is 10.0. The molecule has 1 amide bonds. The molecule has 2 unspecified atom stereocenters. The molecule has 19 heavy (non-hydrogen) atoms. The van der Waals surface area contributed by atoms with E-state index in [1.165, 1.54) is 19.3 Å². The van der Waals surface area contributed by atoms with Crippen molar-refractivity contribution in [3.05, 3.63) is 24.0 Å². The van der Waals surface area contributed by atoms with Crippen LogP contribution in [0.25, 0.3) is 0 Å². The highest BCUT2D eigenvalue weighted by Gasteiger charge is 2.37. The lowest BCUT2D eigenvalue weighted by Gasteiger charge is -2.17. The summed E-state index contributed by atoms with van der Waals surface area (Å²) in [4.78, 5) is 18.4. The van der Waals surface area contributed by atoms with E-state index in [0.717, 1.165) is 30.6 Å². The molecular formula is C14H20ClN3O. The van der Waals surface area contributed by atoms with Crippen molar-refractivity contribution >= 4 is 24.0 Å². The summed E-state index contributed by atoms with van der Waals surface area (Å²) < 4.78 is 0. The summed E-state index contributed by atoms with van der Waals surface area (Å²) in [5.74, 6) is 1.73. The maximum Gasteiger partial charge on any atom is 0.228 e. The van der Waals surface area contributed by atoms with Gasteiger partial charge in [-0.15, -0.1) is 12.4 Å². The van der Waals surface area contributed by atoms with E-state index in [1.807, 2.05) is 11.0 Å². The highest BCUT2D eigenvalue weighted by atomic mass is 35.5. The number of aromatic nitrogens is 1. The number of pyridine rings is 1. The quantitative estimate of drug-likeness (QED) is 0.900. The van der Waals surface area contributed by atoms with Gasteiger partial charge in [0.15, 0.2) is 0 Å². The fourth-order valence-electron chi connectivity index (χ4n) is 3.25. The molecule has 2 fully saturated rings. The molecule has 0 aromatic carbocycles. The van der Waals surface area contributed by atoms with Gasteiger partial charge in [-0.1, -0.05) is 6.42 Å². The monoisotopic (exact) mass is 281 g/mol. The number of nitrogens with two attached hydrogens (primary N) is 1. The third-order valence-electron chi connectivity index (χ3n) is 4.26. The van der Waals surface area contributed by atoms with E-state index in [-0.39, 0.29) is 18.3 Å². The molecule has 3 rings (SSSR count). The van der Waals surface area contributed by atoms with Crippen LogP contribution in [0.4, 0.5) is 5.69 Å². The van der Waals surface area contributed by atoms with Crippen LogP contribution in [0.1, 0.15) is 25.0 Å². The first-order chi connectivity index (χ1) is 8.72. The number of hydrogen-bond donors (Lipinski definition) is 1. The summed E-state index contributed by atoms with van der Waals surface area (Å²) in [6, 6.07) is 3.64. The molecular weight excluding hydrogens is 262 g/mol. The Balaban J connectivity index is 0.00000133. The number of amides is 1. The predicted octanol–water partition coefficient (Wildman–Crippen LogP) is 1.89. The molecule has 2 heterocycles. The Kier molecular flexibility index (Phi) is 4.30. The van der Waals surface area contributed by atoms with Gasteiger partial charge in [0.25, 0.3) is 0 Å². The van der Waals surface area contributed by atoms with Gasteiger partial charge in [-0.05, 0) is 36.8 Å². The number of nitrogens with zero attached hydrogens (tertiary/aromatic N) is 2. The van der Waals surface area contributed by atoms with Crippen molar-refractivity contribution in [2.75, 3.05) is 18.8 Å². The minimum Gasteiger partial charge on any atom is -0.397 e. The first-order valence-electron chi connectivity index (χ1n) is 6.70. The number of anilines is 1. The highest BCUT2D eigenvalue weighted by Crippen LogP contribution is 2.37. The van der Waals surface area contributed by atoms with Crippen LogP contribution in [0.5, 0.6) is 0 Å². The molecule has 4 nitrogen and oxygen atoms in total. The molecule has 1 aliphatic heterocycles. The van der Waals surface area contributed by atoms with Gasteiger partial charge in [-0.25, -0.2) is 0 Å². The molecule has 5 heteroatoms. The van der Waals surface area contributed by atoms with Gasteiger partial charge in [0.1, 0.15) is 0 Å². The second-order valence-corrected chi connectivity index (χ2v) is 5.51. The number of hydrogen-bond acceptors (Lipinski definition) is 3. The van der Waals surface area contributed by atoms with Crippen molar-refractivity contribution in [2.24, 2.45) is 11.8 Å². The van der Waals surface area contributed by atoms with E-state index in [1.54, 1.807) is 12.3 Å². The first kappa shape index (κ1) is 14.1. The van der Waals surface area contributed by atoms with Crippen molar-refractivity contribution < 1.29 is 4.79 Å². The van der Waals surface area contributed by atoms with Crippen LogP contribution >= 0.6 is 12.4 Å². The largest absolute Gasteiger partial charge is 0.397 e. The zero-order valence-corrected chi connectivity index (χ0v) is 11.7. The van der Waals surface area contributed by atoms with Crippen LogP contribution < -0.4 is 5.73 Å². The lowest BCUT2D eigenvalue weighted by molar-refractivity contribution is -0.129. The van der Waals surface area contributed by atoms with E-state index < -0.39 is 0 Å². The Labute approximate surface area is 119 Å². The summed E-state index contributed by atoms with van der Waals surface area (Å²) in [5.41, 5.74) is 7.04. The molecule has 1 aliphatic carbocycles. The second kappa shape index (κ2) is 5.78. The van der Waals surface area contributed by atoms with Crippen molar-refractivity contribution in [2.45, 2.75) is 25.7 Å². The molecule has 0 bridgehead atoms. The summed E-state index contributed by atoms with van der Waals surface area (Å²) in [6.45, 7) is 1.91. The number of likely N-dealkylation sites (tertiary alicyclic amines) is 1. The Hall–Kier alpha value is -1.29. The molecule has 104 valence electrons. The van der Waals surface area contributed by atoms with E-state index in [4.69, 9.17) is 5.73 Å². The third-order valence-corrected chi connectivity index (χ3v) is 4.26. The number of carbonyl (C=O) groups excluding carboxylic acids is 1. The minimum absolute atomic E-state index is 0. The van der Waals surface area contributed by atoms with Crippen LogP contribution in [-0.2, 0) is 11.2 Å². The van der Waals surface area contributed by atoms with Gasteiger partial charge in [0.2, 0.25) is 5.91 Å². The first-order valence-corrected chi connectivity index (χ1v) is 6.70. The van der Waals surface area contributed by atoms with Crippen molar-refractivity contribution in [1.82, 2.24) is 9.88 Å². The second-order valence-electron chi connectivity index (χ2n) is 5.51. The average Bonchev–Trinajstić information content (AvgIpc) is 2.92. The van der Waals surface area contributed by atoms with E-state index >= 15 is 0 Å². The van der Waals surface area contributed by atoms with Crippen molar-refractivity contribution in [1.29, 1.82) is 0 Å². The SMILES string of the molecule is Cl.Nc1ccc(CC(=O)N2CC3CCCC3C2)nc1. The average molecular weight is 282 g/mol. The normalized spacial score (nSPS) is 24.9. The van der Waals surface area contributed by atoms with Gasteiger partial charge >= 0.3 is 0 Å². The van der Waals surface area contributed by atoms with Gasteiger partial charge < -0.3 is 10.6 Å². The molecule has 1 saturated carbocycles. The molecule has 0 spiro atoms. The minimum atomic E-state index is 0. The molecule has 1 aromatic rings. The van der Waals surface area contributed by atoms with Crippen LogP contribution in [0.2, 0.25) is 0 Å². The standard InChI is InChI=1S/C14H19N3O.ClH/c15-12-4-5-13(16-7-12)6-14(18)17-8-10-2-1-3-11(10)9-17;/h4-5,7,10-11H,1-3,6,8-9,15H2;1H. The molecule has 0 radical (unpaired) electrons. The van der Waals surface area contributed by atoms with E-state index in [2.05, 4.69) is 4.98 Å². The molecule has 1 aromatic heterocycles. The predicted molar refractivity (Wildman–Crippen MR) is 77.0 cm³/mol. The maximum absolute atomic E-state index is 12.2. The fraction of sp³-hybridized carbons (Fsp3) is 0.571. The number of carbonyl (C=O) groups is 1. The Bertz CT molecular complexity index is 437. The molecule has 2 atom stereocenters. The van der Waals surface area contributed by atoms with E-state index in [9.17, 15) is 4.79 Å². The number of rotatable bonds is 2. The van der Waals surface area contributed by atoms with Gasteiger partial charge in [-0.3, -0.25) is 9.78 Å². The van der Waals surface area contributed by atoms with Crippen LogP contribution in [-0.4, -0.2) is 28.9 Å². The maximum atomic E-state index is 12.2. The highest BCUT2D eigenvalue weighted by molar-refractivity contribution is 5.85. The summed E-state index contributed by atoms with van der Waals surface area (Å²) in [5, 5.41) is 0. The third kappa shape index (κ3) is 3.00. The summed E-state index contributed by atoms with van der Waals surface area (Å²) in [6.07, 6.45) is 5.96. The fourth-order valence-corrected chi connectivity index (χ4v) is 3.25. The summed E-state index contributed by atoms with van der Waals surface area (Å²) >= 11 is 0. The molecule has 2 N–H and O–H groups in total. The zero-order valence-electron chi connectivity index (χ0n) is 10.9. The number of fused-ring (bicyclic) bond motifs is 1. The van der Waals surface area contributed by atoms with Crippen LogP contribution in [0.3, 0.4) is 0 Å². The van der Waals surface area contributed by atoms with Gasteiger partial charge in [-0.2, -0.15) is 0 Å². The smallest absolute Gasteiger partial charge is 0.228 e. The Morgan fingerprint density at radius 2 is 2.00 bits per heavy atom. The topological polar surface area (TPSA) is 59.2 Å². The Morgan fingerprint density at radius 3 is 2.58 bits per heavy atom. The van der Waals surface area contributed by atoms with E-state index in [0.29, 0.717) is 12.1 Å². The summed E-state index contributed by atoms with van der Waals surface area (Å²) in [7, 11) is 0.